The highest BCUT2D eigenvalue weighted by Gasteiger charge is 2.05. The summed E-state index contributed by atoms with van der Waals surface area (Å²) in [4.78, 5) is 21.4. The fourth-order valence-electron chi connectivity index (χ4n) is 0.745. The van der Waals surface area contributed by atoms with Crippen molar-refractivity contribution in [2.75, 3.05) is 5.88 Å². The van der Waals surface area contributed by atoms with E-state index in [-0.39, 0.29) is 6.42 Å². The minimum atomic E-state index is -0.692. The molecule has 0 aliphatic heterocycles. The van der Waals surface area contributed by atoms with Crippen molar-refractivity contribution in [1.82, 2.24) is 0 Å². The van der Waals surface area contributed by atoms with Crippen molar-refractivity contribution in [3.8, 4) is 0 Å². The average Bonchev–Trinajstić information content (AvgIpc) is 2.12. The van der Waals surface area contributed by atoms with Gasteiger partial charge in [0.2, 0.25) is 0 Å². The fraction of sp³-hybridized carbons (Fsp3) is 0.556. The van der Waals surface area contributed by atoms with Crippen LogP contribution in [0, 0.1) is 0 Å². The molecule has 4 heteroatoms. The number of carbonyl (C=O) groups is 2. The first-order valence-electron chi connectivity index (χ1n) is 4.13. The number of unbranched alkanes of at least 4 members (excludes halogenated alkanes) is 2. The van der Waals surface area contributed by atoms with Gasteiger partial charge in [0, 0.05) is 18.4 Å². The summed E-state index contributed by atoms with van der Waals surface area (Å²) in [6.07, 6.45) is 3.69. The van der Waals surface area contributed by atoms with Crippen LogP contribution in [0.3, 0.4) is 0 Å². The van der Waals surface area contributed by atoms with Gasteiger partial charge in [-0.2, -0.15) is 0 Å². The molecule has 0 aromatic rings. The summed E-state index contributed by atoms with van der Waals surface area (Å²) in [6, 6.07) is 0. The molecule has 0 saturated carbocycles. The number of alkyl halides is 1. The van der Waals surface area contributed by atoms with Gasteiger partial charge in [0.05, 0.1) is 0 Å². The Kier molecular flexibility index (Phi) is 7.30. The lowest BCUT2D eigenvalue weighted by atomic mass is 10.2. The monoisotopic (exact) mass is 204 g/mol. The predicted molar refractivity (Wildman–Crippen MR) is 50.5 cm³/mol. The summed E-state index contributed by atoms with van der Waals surface area (Å²) in [7, 11) is 0. The molecule has 0 atom stereocenters. The molecule has 0 aliphatic rings. The number of halogens is 1. The average molecular weight is 205 g/mol. The predicted octanol–water partition coefficient (Wildman–Crippen LogP) is 2.04. The maximum Gasteiger partial charge on any atom is 0.337 e. The van der Waals surface area contributed by atoms with E-state index >= 15 is 0 Å². The molecular formula is C9H13ClO3. The summed E-state index contributed by atoms with van der Waals surface area (Å²) in [6.45, 7) is 3.18. The molecule has 0 rings (SSSR count). The van der Waals surface area contributed by atoms with Crippen LogP contribution in [0.25, 0.3) is 0 Å². The summed E-state index contributed by atoms with van der Waals surface area (Å²) < 4.78 is 4.35. The van der Waals surface area contributed by atoms with Gasteiger partial charge in [-0.05, 0) is 12.8 Å². The second-order valence-electron chi connectivity index (χ2n) is 2.50. The Morgan fingerprint density at radius 2 is 2.00 bits per heavy atom. The third kappa shape index (κ3) is 7.53. The number of carbonyl (C=O) groups excluding carboxylic acids is 2. The Morgan fingerprint density at radius 1 is 1.31 bits per heavy atom. The van der Waals surface area contributed by atoms with Gasteiger partial charge < -0.3 is 4.74 Å². The maximum atomic E-state index is 10.9. The van der Waals surface area contributed by atoms with Crippen molar-refractivity contribution in [2.45, 2.75) is 25.7 Å². The van der Waals surface area contributed by atoms with Crippen LogP contribution in [-0.2, 0) is 14.3 Å². The van der Waals surface area contributed by atoms with Crippen molar-refractivity contribution >= 4 is 23.5 Å². The molecule has 0 unspecified atom stereocenters. The zero-order valence-corrected chi connectivity index (χ0v) is 8.18. The van der Waals surface area contributed by atoms with Crippen LogP contribution in [0.4, 0.5) is 0 Å². The van der Waals surface area contributed by atoms with E-state index in [2.05, 4.69) is 11.3 Å². The first-order valence-corrected chi connectivity index (χ1v) is 4.67. The van der Waals surface area contributed by atoms with Crippen LogP contribution >= 0.6 is 11.6 Å². The van der Waals surface area contributed by atoms with Gasteiger partial charge in [0.1, 0.15) is 0 Å². The molecule has 0 aromatic heterocycles. The lowest BCUT2D eigenvalue weighted by molar-refractivity contribution is -0.156. The molecular weight excluding hydrogens is 192 g/mol. The van der Waals surface area contributed by atoms with E-state index in [4.69, 9.17) is 11.6 Å². The van der Waals surface area contributed by atoms with Gasteiger partial charge in [-0.1, -0.05) is 13.0 Å². The van der Waals surface area contributed by atoms with E-state index in [9.17, 15) is 9.59 Å². The highest BCUT2D eigenvalue weighted by Crippen LogP contribution is 2.02. The molecule has 0 fully saturated rings. The van der Waals surface area contributed by atoms with E-state index in [1.807, 2.05) is 0 Å². The first kappa shape index (κ1) is 12.2. The normalized spacial score (nSPS) is 9.31. The van der Waals surface area contributed by atoms with E-state index in [0.717, 1.165) is 18.9 Å². The molecule has 0 N–H and O–H groups in total. The standard InChI is InChI=1S/C9H13ClO3/c1-2-8(11)13-9(12)6-4-3-5-7-10/h2H,1,3-7H2. The Labute approximate surface area is 82.7 Å². The molecule has 0 saturated heterocycles. The van der Waals surface area contributed by atoms with Crippen molar-refractivity contribution in [3.05, 3.63) is 12.7 Å². The summed E-state index contributed by atoms with van der Waals surface area (Å²) in [5.41, 5.74) is 0. The molecule has 0 aliphatic carbocycles. The van der Waals surface area contributed by atoms with Crippen molar-refractivity contribution in [3.63, 3.8) is 0 Å². The van der Waals surface area contributed by atoms with Gasteiger partial charge in [-0.3, -0.25) is 4.79 Å². The Morgan fingerprint density at radius 3 is 2.54 bits per heavy atom. The number of hydrogen-bond donors (Lipinski definition) is 0. The minimum Gasteiger partial charge on any atom is -0.390 e. The Balaban J connectivity index is 3.40. The van der Waals surface area contributed by atoms with Crippen LogP contribution in [-0.4, -0.2) is 17.8 Å². The molecule has 0 amide bonds. The van der Waals surface area contributed by atoms with Crippen LogP contribution in [0.15, 0.2) is 12.7 Å². The van der Waals surface area contributed by atoms with Crippen LogP contribution in [0.5, 0.6) is 0 Å². The van der Waals surface area contributed by atoms with Gasteiger partial charge in [0.15, 0.2) is 0 Å². The van der Waals surface area contributed by atoms with E-state index in [1.54, 1.807) is 0 Å². The number of hydrogen-bond acceptors (Lipinski definition) is 3. The zero-order valence-electron chi connectivity index (χ0n) is 7.42. The highest BCUT2D eigenvalue weighted by atomic mass is 35.5. The molecule has 0 heterocycles. The third-order valence-corrected chi connectivity index (χ3v) is 1.66. The molecule has 0 radical (unpaired) electrons. The van der Waals surface area contributed by atoms with Crippen LogP contribution < -0.4 is 0 Å². The first-order chi connectivity index (χ1) is 6.20. The van der Waals surface area contributed by atoms with E-state index in [1.165, 1.54) is 0 Å². The quantitative estimate of drug-likeness (QED) is 0.219. The Bertz CT molecular complexity index is 189. The summed E-state index contributed by atoms with van der Waals surface area (Å²) in [5, 5.41) is 0. The number of rotatable bonds is 6. The largest absolute Gasteiger partial charge is 0.390 e. The van der Waals surface area contributed by atoms with Gasteiger partial charge in [-0.15, -0.1) is 11.6 Å². The smallest absolute Gasteiger partial charge is 0.337 e. The lowest BCUT2D eigenvalue weighted by Crippen LogP contribution is -2.09. The Hall–Kier alpha value is -0.830. The molecule has 0 bridgehead atoms. The number of ether oxygens (including phenoxy) is 1. The van der Waals surface area contributed by atoms with Gasteiger partial charge in [0.25, 0.3) is 0 Å². The van der Waals surface area contributed by atoms with Crippen molar-refractivity contribution < 1.29 is 14.3 Å². The fourth-order valence-corrected chi connectivity index (χ4v) is 0.934. The van der Waals surface area contributed by atoms with E-state index in [0.29, 0.717) is 12.3 Å². The maximum absolute atomic E-state index is 10.9. The lowest BCUT2D eigenvalue weighted by Gasteiger charge is -1.98. The van der Waals surface area contributed by atoms with Crippen molar-refractivity contribution in [1.29, 1.82) is 0 Å². The van der Waals surface area contributed by atoms with Crippen LogP contribution in [0.2, 0.25) is 0 Å². The zero-order chi connectivity index (χ0) is 10.1. The van der Waals surface area contributed by atoms with E-state index < -0.39 is 11.9 Å². The topological polar surface area (TPSA) is 43.4 Å². The minimum absolute atomic E-state index is 0.260. The molecule has 0 spiro atoms. The second-order valence-corrected chi connectivity index (χ2v) is 2.87. The van der Waals surface area contributed by atoms with Crippen LogP contribution in [0.1, 0.15) is 25.7 Å². The van der Waals surface area contributed by atoms with Gasteiger partial charge in [-0.25, -0.2) is 4.79 Å². The molecule has 74 valence electrons. The molecule has 0 aromatic carbocycles. The second kappa shape index (κ2) is 7.80. The highest BCUT2D eigenvalue weighted by molar-refractivity contribution is 6.17. The molecule has 13 heavy (non-hydrogen) atoms. The molecule has 3 nitrogen and oxygen atoms in total. The summed E-state index contributed by atoms with van der Waals surface area (Å²) in [5.74, 6) is -0.595. The number of esters is 2. The van der Waals surface area contributed by atoms with Crippen molar-refractivity contribution in [2.24, 2.45) is 0 Å². The SMILES string of the molecule is C=CC(=O)OC(=O)CCCCCCl. The van der Waals surface area contributed by atoms with Gasteiger partial charge >= 0.3 is 11.9 Å². The summed E-state index contributed by atoms with van der Waals surface area (Å²) >= 11 is 5.44. The third-order valence-electron chi connectivity index (χ3n) is 1.40.